The molecule has 1 aromatic rings. The molecule has 2 unspecified atom stereocenters. The van der Waals surface area contributed by atoms with Crippen molar-refractivity contribution < 1.29 is 9.53 Å². The van der Waals surface area contributed by atoms with Crippen LogP contribution in [0, 0.1) is 5.92 Å². The molecule has 1 saturated heterocycles. The van der Waals surface area contributed by atoms with Crippen LogP contribution in [0.2, 0.25) is 0 Å². The second-order valence-electron chi connectivity index (χ2n) is 5.51. The quantitative estimate of drug-likeness (QED) is 0.818. The summed E-state index contributed by atoms with van der Waals surface area (Å²) in [6.45, 7) is 3.47. The van der Waals surface area contributed by atoms with Gasteiger partial charge in [-0.2, -0.15) is 0 Å². The number of nitrogens with zero attached hydrogens (tertiary/aromatic N) is 1. The minimum Gasteiger partial charge on any atom is -0.399 e. The number of hydrogen-bond donors (Lipinski definition) is 2. The average Bonchev–Trinajstić information content (AvgIpc) is 2.81. The SMILES string of the molecule is CC1OCCC1CNC(=O)c1cc(N)ccc1N(C)C. The molecular formula is C15H23N3O2. The van der Waals surface area contributed by atoms with Crippen LogP contribution >= 0.6 is 0 Å². The highest BCUT2D eigenvalue weighted by Crippen LogP contribution is 2.22. The molecule has 110 valence electrons. The number of carbonyl (C=O) groups is 1. The Morgan fingerprint density at radius 1 is 1.50 bits per heavy atom. The van der Waals surface area contributed by atoms with Crippen molar-refractivity contribution in [2.24, 2.45) is 5.92 Å². The van der Waals surface area contributed by atoms with Crippen LogP contribution in [-0.2, 0) is 4.74 Å². The van der Waals surface area contributed by atoms with Gasteiger partial charge in [-0.3, -0.25) is 4.79 Å². The zero-order valence-corrected chi connectivity index (χ0v) is 12.3. The summed E-state index contributed by atoms with van der Waals surface area (Å²) in [6.07, 6.45) is 1.21. The number of benzene rings is 1. The summed E-state index contributed by atoms with van der Waals surface area (Å²) >= 11 is 0. The third kappa shape index (κ3) is 3.22. The number of hydrogen-bond acceptors (Lipinski definition) is 4. The van der Waals surface area contributed by atoms with Gasteiger partial charge in [0.2, 0.25) is 0 Å². The average molecular weight is 277 g/mol. The summed E-state index contributed by atoms with van der Waals surface area (Å²) < 4.78 is 5.50. The molecule has 1 fully saturated rings. The number of nitrogens with one attached hydrogen (secondary N) is 1. The molecular weight excluding hydrogens is 254 g/mol. The monoisotopic (exact) mass is 277 g/mol. The summed E-state index contributed by atoms with van der Waals surface area (Å²) in [5, 5.41) is 2.99. The highest BCUT2D eigenvalue weighted by atomic mass is 16.5. The molecule has 1 aliphatic heterocycles. The maximum absolute atomic E-state index is 12.4. The van der Waals surface area contributed by atoms with Crippen LogP contribution in [0.25, 0.3) is 0 Å². The van der Waals surface area contributed by atoms with Crippen LogP contribution in [0.5, 0.6) is 0 Å². The van der Waals surface area contributed by atoms with Crippen molar-refractivity contribution in [3.05, 3.63) is 23.8 Å². The van der Waals surface area contributed by atoms with E-state index in [2.05, 4.69) is 12.2 Å². The van der Waals surface area contributed by atoms with Crippen LogP contribution in [0.15, 0.2) is 18.2 Å². The van der Waals surface area contributed by atoms with Gasteiger partial charge in [-0.1, -0.05) is 0 Å². The van der Waals surface area contributed by atoms with Crippen molar-refractivity contribution >= 4 is 17.3 Å². The molecule has 0 spiro atoms. The van der Waals surface area contributed by atoms with Gasteiger partial charge in [-0.05, 0) is 31.5 Å². The van der Waals surface area contributed by atoms with Gasteiger partial charge in [0.15, 0.2) is 0 Å². The summed E-state index contributed by atoms with van der Waals surface area (Å²) in [7, 11) is 3.82. The van der Waals surface area contributed by atoms with Crippen molar-refractivity contribution in [1.29, 1.82) is 0 Å². The van der Waals surface area contributed by atoms with E-state index in [4.69, 9.17) is 10.5 Å². The first-order chi connectivity index (χ1) is 9.49. The molecule has 0 aromatic heterocycles. The Balaban J connectivity index is 2.06. The van der Waals surface area contributed by atoms with E-state index >= 15 is 0 Å². The minimum atomic E-state index is -0.0832. The molecule has 0 bridgehead atoms. The summed E-state index contributed by atoms with van der Waals surface area (Å²) in [5.41, 5.74) is 7.86. The number of anilines is 2. The maximum Gasteiger partial charge on any atom is 0.253 e. The van der Waals surface area contributed by atoms with E-state index < -0.39 is 0 Å². The van der Waals surface area contributed by atoms with Crippen LogP contribution in [-0.4, -0.2) is 39.3 Å². The molecule has 1 aromatic carbocycles. The van der Waals surface area contributed by atoms with Gasteiger partial charge in [0.05, 0.1) is 11.7 Å². The van der Waals surface area contributed by atoms with Crippen LogP contribution in [0.3, 0.4) is 0 Å². The molecule has 5 nitrogen and oxygen atoms in total. The van der Waals surface area contributed by atoms with Crippen LogP contribution in [0.4, 0.5) is 11.4 Å². The van der Waals surface area contributed by atoms with Crippen molar-refractivity contribution in [3.63, 3.8) is 0 Å². The first-order valence-corrected chi connectivity index (χ1v) is 6.95. The van der Waals surface area contributed by atoms with Gasteiger partial charge in [-0.25, -0.2) is 0 Å². The Morgan fingerprint density at radius 2 is 2.25 bits per heavy atom. The highest BCUT2D eigenvalue weighted by molar-refractivity contribution is 6.00. The van der Waals surface area contributed by atoms with Gasteiger partial charge in [0.25, 0.3) is 5.91 Å². The standard InChI is InChI=1S/C15H23N3O2/c1-10-11(6-7-20-10)9-17-15(19)13-8-12(16)4-5-14(13)18(2)3/h4-5,8,10-11H,6-7,9,16H2,1-3H3,(H,17,19). The Hall–Kier alpha value is -1.75. The van der Waals surface area contributed by atoms with Crippen molar-refractivity contribution in [2.45, 2.75) is 19.4 Å². The van der Waals surface area contributed by atoms with Crippen LogP contribution < -0.4 is 16.0 Å². The lowest BCUT2D eigenvalue weighted by molar-refractivity contribution is 0.0908. The van der Waals surface area contributed by atoms with E-state index in [0.29, 0.717) is 23.7 Å². The maximum atomic E-state index is 12.4. The van der Waals surface area contributed by atoms with E-state index in [0.717, 1.165) is 18.7 Å². The predicted molar refractivity (Wildman–Crippen MR) is 81.0 cm³/mol. The fourth-order valence-corrected chi connectivity index (χ4v) is 2.49. The highest BCUT2D eigenvalue weighted by Gasteiger charge is 2.25. The lowest BCUT2D eigenvalue weighted by Gasteiger charge is -2.19. The number of nitrogens with two attached hydrogens (primary N) is 1. The number of amides is 1. The van der Waals surface area contributed by atoms with E-state index in [-0.39, 0.29) is 12.0 Å². The van der Waals surface area contributed by atoms with Gasteiger partial charge in [0, 0.05) is 44.5 Å². The van der Waals surface area contributed by atoms with Gasteiger partial charge in [0.1, 0.15) is 0 Å². The fraction of sp³-hybridized carbons (Fsp3) is 0.533. The van der Waals surface area contributed by atoms with Gasteiger partial charge < -0.3 is 20.7 Å². The molecule has 20 heavy (non-hydrogen) atoms. The van der Waals surface area contributed by atoms with E-state index in [9.17, 15) is 4.79 Å². The Morgan fingerprint density at radius 3 is 2.85 bits per heavy atom. The Bertz CT molecular complexity index is 488. The second-order valence-corrected chi connectivity index (χ2v) is 5.51. The summed E-state index contributed by atoms with van der Waals surface area (Å²) in [6, 6.07) is 5.39. The molecule has 2 rings (SSSR count). The van der Waals surface area contributed by atoms with Crippen molar-refractivity contribution in [1.82, 2.24) is 5.32 Å². The zero-order chi connectivity index (χ0) is 14.7. The third-order valence-corrected chi connectivity index (χ3v) is 3.81. The number of nitrogen functional groups attached to an aromatic ring is 1. The first kappa shape index (κ1) is 14.7. The molecule has 1 heterocycles. The fourth-order valence-electron chi connectivity index (χ4n) is 2.49. The lowest BCUT2D eigenvalue weighted by Crippen LogP contribution is -2.32. The number of ether oxygens (including phenoxy) is 1. The molecule has 3 N–H and O–H groups in total. The molecule has 0 aliphatic carbocycles. The Labute approximate surface area is 120 Å². The van der Waals surface area contributed by atoms with Crippen LogP contribution in [0.1, 0.15) is 23.7 Å². The smallest absolute Gasteiger partial charge is 0.253 e. The third-order valence-electron chi connectivity index (χ3n) is 3.81. The van der Waals surface area contributed by atoms with E-state index in [1.807, 2.05) is 25.1 Å². The van der Waals surface area contributed by atoms with E-state index in [1.54, 1.807) is 12.1 Å². The molecule has 2 atom stereocenters. The molecule has 5 heteroatoms. The molecule has 0 radical (unpaired) electrons. The molecule has 1 amide bonds. The topological polar surface area (TPSA) is 67.6 Å². The normalized spacial score (nSPS) is 21.8. The summed E-state index contributed by atoms with van der Waals surface area (Å²) in [5.74, 6) is 0.308. The minimum absolute atomic E-state index is 0.0832. The van der Waals surface area contributed by atoms with E-state index in [1.165, 1.54) is 0 Å². The van der Waals surface area contributed by atoms with Gasteiger partial charge in [-0.15, -0.1) is 0 Å². The molecule has 0 saturated carbocycles. The summed E-state index contributed by atoms with van der Waals surface area (Å²) in [4.78, 5) is 14.3. The first-order valence-electron chi connectivity index (χ1n) is 6.95. The van der Waals surface area contributed by atoms with Crippen molar-refractivity contribution in [3.8, 4) is 0 Å². The number of rotatable bonds is 4. The predicted octanol–water partition coefficient (Wildman–Crippen LogP) is 1.49. The number of carbonyl (C=O) groups excluding carboxylic acids is 1. The largest absolute Gasteiger partial charge is 0.399 e. The lowest BCUT2D eigenvalue weighted by atomic mass is 10.0. The Kier molecular flexibility index (Phi) is 4.49. The molecule has 1 aliphatic rings. The zero-order valence-electron chi connectivity index (χ0n) is 12.3. The second kappa shape index (κ2) is 6.13. The van der Waals surface area contributed by atoms with Gasteiger partial charge >= 0.3 is 0 Å². The van der Waals surface area contributed by atoms with Crippen molar-refractivity contribution in [2.75, 3.05) is 37.9 Å².